The second-order valence-corrected chi connectivity index (χ2v) is 9.58. The molecule has 186 valence electrons. The van der Waals surface area contributed by atoms with Crippen LogP contribution in [-0.2, 0) is 6.54 Å². The second kappa shape index (κ2) is 10.0. The van der Waals surface area contributed by atoms with Gasteiger partial charge in [0.2, 0.25) is 0 Å². The molecule has 3 heterocycles. The standard InChI is InChI=1S/C30H29N5O2/c36-29(20-7-9-21(10-8-20)31-15-18-35-16-3-4-17-35)34-27-12-11-22(25-19-33-30(37)28(25)27)23-13-14-32-26-6-2-1-5-24(23)26/h1-2,5-14,31H,3-4,15-19H2,(H,33,37)(H,34,36). The third-order valence-electron chi connectivity index (χ3n) is 7.26. The molecule has 1 aromatic heterocycles. The summed E-state index contributed by atoms with van der Waals surface area (Å²) in [5.74, 6) is -0.421. The van der Waals surface area contributed by atoms with Crippen LogP contribution < -0.4 is 16.0 Å². The number of carbonyl (C=O) groups is 2. The lowest BCUT2D eigenvalue weighted by Crippen LogP contribution is -2.25. The van der Waals surface area contributed by atoms with Crippen LogP contribution in [0, 0.1) is 0 Å². The Hall–Kier alpha value is -4.23. The molecule has 2 aliphatic rings. The number of benzene rings is 3. The molecule has 37 heavy (non-hydrogen) atoms. The number of hydrogen-bond donors (Lipinski definition) is 3. The third kappa shape index (κ3) is 4.66. The van der Waals surface area contributed by atoms with Crippen LogP contribution in [-0.4, -0.2) is 47.9 Å². The van der Waals surface area contributed by atoms with Crippen molar-refractivity contribution in [3.05, 3.63) is 89.6 Å². The SMILES string of the molecule is O=C(Nc1ccc(-c2ccnc3ccccc23)c2c1C(=O)NC2)c1ccc(NCCN2CCCC2)cc1. The molecule has 4 aromatic rings. The molecule has 1 saturated heterocycles. The van der Waals surface area contributed by atoms with Gasteiger partial charge in [-0.2, -0.15) is 0 Å². The number of hydrogen-bond acceptors (Lipinski definition) is 5. The van der Waals surface area contributed by atoms with Crippen molar-refractivity contribution in [3.63, 3.8) is 0 Å². The van der Waals surface area contributed by atoms with Gasteiger partial charge in [0.15, 0.2) is 0 Å². The summed E-state index contributed by atoms with van der Waals surface area (Å²) >= 11 is 0. The molecule has 7 heteroatoms. The highest BCUT2D eigenvalue weighted by atomic mass is 16.2. The van der Waals surface area contributed by atoms with Gasteiger partial charge in [-0.05, 0) is 85.1 Å². The number of nitrogens with one attached hydrogen (secondary N) is 3. The van der Waals surface area contributed by atoms with Gasteiger partial charge in [-0.1, -0.05) is 24.3 Å². The zero-order chi connectivity index (χ0) is 25.2. The molecule has 0 aliphatic carbocycles. The fraction of sp³-hybridized carbons (Fsp3) is 0.233. The Morgan fingerprint density at radius 2 is 1.76 bits per heavy atom. The Kier molecular flexibility index (Phi) is 6.28. The smallest absolute Gasteiger partial charge is 0.255 e. The molecular weight excluding hydrogens is 462 g/mol. The number of amides is 2. The molecule has 3 N–H and O–H groups in total. The van der Waals surface area contributed by atoms with E-state index in [9.17, 15) is 9.59 Å². The van der Waals surface area contributed by atoms with Crippen molar-refractivity contribution in [1.29, 1.82) is 0 Å². The highest BCUT2D eigenvalue weighted by Gasteiger charge is 2.27. The zero-order valence-electron chi connectivity index (χ0n) is 20.6. The fourth-order valence-electron chi connectivity index (χ4n) is 5.33. The number of para-hydroxylation sites is 1. The Morgan fingerprint density at radius 3 is 2.59 bits per heavy atom. The van der Waals surface area contributed by atoms with Crippen LogP contribution in [0.1, 0.15) is 39.1 Å². The molecule has 3 aromatic carbocycles. The van der Waals surface area contributed by atoms with Gasteiger partial charge in [0.1, 0.15) is 0 Å². The first-order chi connectivity index (χ1) is 18.2. The van der Waals surface area contributed by atoms with Gasteiger partial charge < -0.3 is 20.9 Å². The van der Waals surface area contributed by atoms with E-state index in [1.165, 1.54) is 25.9 Å². The minimum absolute atomic E-state index is 0.178. The average Bonchev–Trinajstić information content (AvgIpc) is 3.59. The summed E-state index contributed by atoms with van der Waals surface area (Å²) in [4.78, 5) is 32.8. The van der Waals surface area contributed by atoms with Gasteiger partial charge in [0, 0.05) is 42.5 Å². The van der Waals surface area contributed by atoms with Gasteiger partial charge >= 0.3 is 0 Å². The number of fused-ring (bicyclic) bond motifs is 2. The van der Waals surface area contributed by atoms with E-state index >= 15 is 0 Å². The van der Waals surface area contributed by atoms with Crippen LogP contribution in [0.3, 0.4) is 0 Å². The van der Waals surface area contributed by atoms with Gasteiger partial charge in [-0.3, -0.25) is 14.6 Å². The van der Waals surface area contributed by atoms with E-state index in [0.717, 1.165) is 46.4 Å². The lowest BCUT2D eigenvalue weighted by molar-refractivity contribution is 0.0966. The number of carbonyl (C=O) groups excluding carboxylic acids is 2. The number of likely N-dealkylation sites (tertiary alicyclic amines) is 1. The molecule has 0 unspecified atom stereocenters. The first-order valence-electron chi connectivity index (χ1n) is 12.8. The van der Waals surface area contributed by atoms with Crippen molar-refractivity contribution in [2.75, 3.05) is 36.8 Å². The maximum Gasteiger partial charge on any atom is 0.255 e. The number of aromatic nitrogens is 1. The number of rotatable bonds is 7. The van der Waals surface area contributed by atoms with Crippen LogP contribution >= 0.6 is 0 Å². The monoisotopic (exact) mass is 491 g/mol. The normalized spacial score (nSPS) is 15.0. The predicted molar refractivity (Wildman–Crippen MR) is 147 cm³/mol. The lowest BCUT2D eigenvalue weighted by Gasteiger charge is -2.16. The molecular formula is C30H29N5O2. The van der Waals surface area contributed by atoms with Gasteiger partial charge in [-0.15, -0.1) is 0 Å². The zero-order valence-corrected chi connectivity index (χ0v) is 20.6. The fourth-order valence-corrected chi connectivity index (χ4v) is 5.33. The summed E-state index contributed by atoms with van der Waals surface area (Å²) in [6.07, 6.45) is 4.37. The van der Waals surface area contributed by atoms with Crippen molar-refractivity contribution in [3.8, 4) is 11.1 Å². The third-order valence-corrected chi connectivity index (χ3v) is 7.26. The first kappa shape index (κ1) is 23.2. The number of pyridine rings is 1. The van der Waals surface area contributed by atoms with Crippen molar-refractivity contribution in [2.45, 2.75) is 19.4 Å². The Bertz CT molecular complexity index is 1470. The summed E-state index contributed by atoms with van der Waals surface area (Å²) < 4.78 is 0. The van der Waals surface area contributed by atoms with Gasteiger partial charge in [0.05, 0.1) is 16.8 Å². The summed E-state index contributed by atoms with van der Waals surface area (Å²) in [5.41, 5.74) is 6.34. The minimum atomic E-state index is -0.243. The Labute approximate surface area is 215 Å². The summed E-state index contributed by atoms with van der Waals surface area (Å²) in [5, 5.41) is 10.3. The molecule has 0 radical (unpaired) electrons. The van der Waals surface area contributed by atoms with E-state index in [1.54, 1.807) is 6.20 Å². The first-order valence-corrected chi connectivity index (χ1v) is 12.8. The highest BCUT2D eigenvalue weighted by molar-refractivity contribution is 6.12. The van der Waals surface area contributed by atoms with E-state index in [1.807, 2.05) is 66.7 Å². The Morgan fingerprint density at radius 1 is 0.946 bits per heavy atom. The van der Waals surface area contributed by atoms with Gasteiger partial charge in [0.25, 0.3) is 11.8 Å². The number of nitrogens with zero attached hydrogens (tertiary/aromatic N) is 2. The largest absolute Gasteiger partial charge is 0.384 e. The van der Waals surface area contributed by atoms with Crippen molar-refractivity contribution in [2.24, 2.45) is 0 Å². The molecule has 0 saturated carbocycles. The summed E-state index contributed by atoms with van der Waals surface area (Å²) in [6.45, 7) is 4.69. The molecule has 1 fully saturated rings. The number of anilines is 2. The van der Waals surface area contributed by atoms with Gasteiger partial charge in [-0.25, -0.2) is 0 Å². The minimum Gasteiger partial charge on any atom is -0.384 e. The van der Waals surface area contributed by atoms with Crippen molar-refractivity contribution >= 4 is 34.1 Å². The maximum atomic E-state index is 13.1. The molecule has 0 bridgehead atoms. The van der Waals surface area contributed by atoms with E-state index in [2.05, 4.69) is 25.8 Å². The predicted octanol–water partition coefficient (Wildman–Crippen LogP) is 4.91. The maximum absolute atomic E-state index is 13.1. The van der Waals surface area contributed by atoms with E-state index < -0.39 is 0 Å². The summed E-state index contributed by atoms with van der Waals surface area (Å²) in [7, 11) is 0. The van der Waals surface area contributed by atoms with Crippen molar-refractivity contribution < 1.29 is 9.59 Å². The second-order valence-electron chi connectivity index (χ2n) is 9.58. The molecule has 7 nitrogen and oxygen atoms in total. The van der Waals surface area contributed by atoms with E-state index in [4.69, 9.17) is 0 Å². The van der Waals surface area contributed by atoms with Crippen LogP contribution in [0.5, 0.6) is 0 Å². The lowest BCUT2D eigenvalue weighted by atomic mass is 9.93. The summed E-state index contributed by atoms with van der Waals surface area (Å²) in [6, 6.07) is 21.2. The topological polar surface area (TPSA) is 86.4 Å². The van der Waals surface area contributed by atoms with E-state index in [-0.39, 0.29) is 11.8 Å². The van der Waals surface area contributed by atoms with Crippen LogP contribution in [0.25, 0.3) is 22.0 Å². The highest BCUT2D eigenvalue weighted by Crippen LogP contribution is 2.37. The molecule has 0 atom stereocenters. The van der Waals surface area contributed by atoms with Crippen LogP contribution in [0.15, 0.2) is 72.9 Å². The Balaban J connectivity index is 1.21. The van der Waals surface area contributed by atoms with Crippen molar-refractivity contribution in [1.82, 2.24) is 15.2 Å². The molecule has 2 amide bonds. The average molecular weight is 492 g/mol. The molecule has 2 aliphatic heterocycles. The molecule has 0 spiro atoms. The molecule has 6 rings (SSSR count). The van der Waals surface area contributed by atoms with E-state index in [0.29, 0.717) is 23.4 Å². The van der Waals surface area contributed by atoms with Crippen LogP contribution in [0.4, 0.5) is 11.4 Å². The van der Waals surface area contributed by atoms with Crippen LogP contribution in [0.2, 0.25) is 0 Å². The quantitative estimate of drug-likeness (QED) is 0.342.